The summed E-state index contributed by atoms with van der Waals surface area (Å²) in [4.78, 5) is 30.8. The summed E-state index contributed by atoms with van der Waals surface area (Å²) in [6.07, 6.45) is 0.124. The number of halogens is 1. The van der Waals surface area contributed by atoms with Crippen LogP contribution in [0.4, 0.5) is 10.1 Å². The monoisotopic (exact) mass is 406 g/mol. The number of carbonyl (C=O) groups excluding carboxylic acids is 2. The normalized spacial score (nSPS) is 19.7. The van der Waals surface area contributed by atoms with Crippen LogP contribution in [0, 0.1) is 23.1 Å². The predicted molar refractivity (Wildman–Crippen MR) is 110 cm³/mol. The zero-order chi connectivity index (χ0) is 21.1. The van der Waals surface area contributed by atoms with Crippen molar-refractivity contribution in [3.05, 3.63) is 65.5 Å². The van der Waals surface area contributed by atoms with E-state index in [2.05, 4.69) is 11.0 Å². The number of rotatable bonds is 4. The van der Waals surface area contributed by atoms with Crippen LogP contribution < -0.4 is 4.90 Å². The number of nitrogens with zero attached hydrogens (tertiary/aromatic N) is 4. The van der Waals surface area contributed by atoms with Crippen LogP contribution in [0.1, 0.15) is 17.5 Å². The second-order valence-corrected chi connectivity index (χ2v) is 7.77. The first-order chi connectivity index (χ1) is 14.5. The summed E-state index contributed by atoms with van der Waals surface area (Å²) in [5.41, 5.74) is 2.02. The Bertz CT molecular complexity index is 977. The molecule has 4 rings (SSSR count). The van der Waals surface area contributed by atoms with Crippen molar-refractivity contribution in [2.24, 2.45) is 5.92 Å². The van der Waals surface area contributed by atoms with Crippen molar-refractivity contribution in [3.8, 4) is 6.07 Å². The average Bonchev–Trinajstić information content (AvgIpc) is 3.16. The number of benzene rings is 2. The quantitative estimate of drug-likeness (QED) is 0.782. The van der Waals surface area contributed by atoms with E-state index in [1.807, 2.05) is 29.2 Å². The smallest absolute Gasteiger partial charge is 0.228 e. The first-order valence-electron chi connectivity index (χ1n) is 10.1. The number of amides is 2. The van der Waals surface area contributed by atoms with Crippen molar-refractivity contribution in [2.75, 3.05) is 37.6 Å². The molecule has 0 aliphatic carbocycles. The molecule has 2 saturated heterocycles. The highest BCUT2D eigenvalue weighted by Gasteiger charge is 2.38. The molecule has 0 N–H and O–H groups in total. The number of anilines is 1. The molecular formula is C23H23FN4O2. The van der Waals surface area contributed by atoms with Gasteiger partial charge in [0.05, 0.1) is 23.2 Å². The molecule has 2 aliphatic rings. The van der Waals surface area contributed by atoms with Gasteiger partial charge in [0.1, 0.15) is 5.82 Å². The molecule has 0 aromatic heterocycles. The maximum Gasteiger partial charge on any atom is 0.228 e. The van der Waals surface area contributed by atoms with Crippen molar-refractivity contribution in [3.63, 3.8) is 0 Å². The van der Waals surface area contributed by atoms with E-state index < -0.39 is 11.7 Å². The third kappa shape index (κ3) is 4.19. The van der Waals surface area contributed by atoms with E-state index in [9.17, 15) is 14.0 Å². The highest BCUT2D eigenvalue weighted by Crippen LogP contribution is 2.28. The summed E-state index contributed by atoms with van der Waals surface area (Å²) in [5, 5.41) is 8.89. The minimum absolute atomic E-state index is 0.0276. The number of hydrogen-bond acceptors (Lipinski definition) is 4. The Morgan fingerprint density at radius 2 is 1.77 bits per heavy atom. The fourth-order valence-electron chi connectivity index (χ4n) is 4.10. The summed E-state index contributed by atoms with van der Waals surface area (Å²) in [7, 11) is 0. The maximum atomic E-state index is 14.1. The van der Waals surface area contributed by atoms with Crippen LogP contribution in [-0.2, 0) is 16.1 Å². The van der Waals surface area contributed by atoms with Gasteiger partial charge in [0.15, 0.2) is 0 Å². The Kier molecular flexibility index (Phi) is 5.77. The van der Waals surface area contributed by atoms with Gasteiger partial charge in [0.25, 0.3) is 0 Å². The Labute approximate surface area is 175 Å². The molecule has 0 bridgehead atoms. The molecule has 1 atom stereocenters. The lowest BCUT2D eigenvalue weighted by atomic mass is 10.1. The Morgan fingerprint density at radius 3 is 2.43 bits per heavy atom. The molecule has 0 radical (unpaired) electrons. The van der Waals surface area contributed by atoms with E-state index in [4.69, 9.17) is 5.26 Å². The highest BCUT2D eigenvalue weighted by atomic mass is 19.1. The summed E-state index contributed by atoms with van der Waals surface area (Å²) in [6.45, 7) is 3.73. The van der Waals surface area contributed by atoms with Gasteiger partial charge in [-0.3, -0.25) is 14.5 Å². The summed E-state index contributed by atoms with van der Waals surface area (Å²) < 4.78 is 14.1. The number of carbonyl (C=O) groups is 2. The van der Waals surface area contributed by atoms with Crippen LogP contribution >= 0.6 is 0 Å². The van der Waals surface area contributed by atoms with E-state index in [1.54, 1.807) is 18.2 Å². The second-order valence-electron chi connectivity index (χ2n) is 7.77. The molecule has 0 unspecified atom stereocenters. The average molecular weight is 406 g/mol. The number of hydrogen-bond donors (Lipinski definition) is 0. The third-order valence-electron chi connectivity index (χ3n) is 5.79. The minimum atomic E-state index is -0.449. The van der Waals surface area contributed by atoms with Gasteiger partial charge < -0.3 is 9.80 Å². The van der Waals surface area contributed by atoms with Crippen molar-refractivity contribution in [2.45, 2.75) is 13.0 Å². The molecule has 30 heavy (non-hydrogen) atoms. The van der Waals surface area contributed by atoms with Crippen LogP contribution in [-0.4, -0.2) is 54.3 Å². The summed E-state index contributed by atoms with van der Waals surface area (Å²) >= 11 is 0. The lowest BCUT2D eigenvalue weighted by Gasteiger charge is -2.36. The van der Waals surface area contributed by atoms with Gasteiger partial charge in [-0.1, -0.05) is 24.3 Å². The van der Waals surface area contributed by atoms with Gasteiger partial charge >= 0.3 is 0 Å². The topological polar surface area (TPSA) is 67.6 Å². The fraction of sp³-hybridized carbons (Fsp3) is 0.348. The lowest BCUT2D eigenvalue weighted by Crippen LogP contribution is -2.50. The first-order valence-corrected chi connectivity index (χ1v) is 10.1. The van der Waals surface area contributed by atoms with Crippen molar-refractivity contribution >= 4 is 17.5 Å². The molecule has 0 saturated carbocycles. The van der Waals surface area contributed by atoms with Crippen molar-refractivity contribution in [1.29, 1.82) is 5.26 Å². The van der Waals surface area contributed by atoms with Gasteiger partial charge in [-0.05, 0) is 29.8 Å². The van der Waals surface area contributed by atoms with Crippen LogP contribution in [0.5, 0.6) is 0 Å². The first kappa shape index (κ1) is 20.0. The van der Waals surface area contributed by atoms with E-state index >= 15 is 0 Å². The largest absolute Gasteiger partial charge is 0.340 e. The minimum Gasteiger partial charge on any atom is -0.340 e. The van der Waals surface area contributed by atoms with Gasteiger partial charge in [-0.2, -0.15) is 5.26 Å². The summed E-state index contributed by atoms with van der Waals surface area (Å²) in [6, 6.07) is 15.8. The highest BCUT2D eigenvalue weighted by molar-refractivity contribution is 6.00. The molecule has 0 spiro atoms. The van der Waals surface area contributed by atoms with Crippen molar-refractivity contribution in [1.82, 2.24) is 9.80 Å². The summed E-state index contributed by atoms with van der Waals surface area (Å²) in [5.74, 6) is -1.12. The standard InChI is InChI=1S/C23H23FN4O2/c24-20-3-1-2-4-21(20)28-16-19(13-22(28)29)23(30)27-11-9-26(10-12-27)15-18-7-5-17(14-25)6-8-18/h1-8,19H,9-13,15-16H2/t19-/m1/s1. The van der Waals surface area contributed by atoms with Crippen LogP contribution in [0.15, 0.2) is 48.5 Å². The fourth-order valence-corrected chi connectivity index (χ4v) is 4.10. The molecule has 2 heterocycles. The Hall–Kier alpha value is -3.24. The zero-order valence-corrected chi connectivity index (χ0v) is 16.6. The number of nitriles is 1. The SMILES string of the molecule is N#Cc1ccc(CN2CCN(C(=O)[C@@H]3CC(=O)N(c4ccccc4F)C3)CC2)cc1. The number of para-hydroxylation sites is 1. The van der Waals surface area contributed by atoms with Gasteiger partial charge in [-0.25, -0.2) is 4.39 Å². The molecule has 2 aromatic rings. The molecule has 2 fully saturated rings. The third-order valence-corrected chi connectivity index (χ3v) is 5.79. The lowest BCUT2D eigenvalue weighted by molar-refractivity contribution is -0.137. The van der Waals surface area contributed by atoms with Gasteiger partial charge in [-0.15, -0.1) is 0 Å². The van der Waals surface area contributed by atoms with Crippen LogP contribution in [0.25, 0.3) is 0 Å². The van der Waals surface area contributed by atoms with Crippen LogP contribution in [0.3, 0.4) is 0 Å². The van der Waals surface area contributed by atoms with E-state index in [1.165, 1.54) is 11.0 Å². The van der Waals surface area contributed by atoms with Crippen molar-refractivity contribution < 1.29 is 14.0 Å². The Balaban J connectivity index is 1.31. The number of piperazine rings is 1. The molecule has 2 amide bonds. The van der Waals surface area contributed by atoms with Crippen LogP contribution in [0.2, 0.25) is 0 Å². The molecule has 7 heteroatoms. The van der Waals surface area contributed by atoms with Gasteiger partial charge in [0.2, 0.25) is 11.8 Å². The molecule has 2 aromatic carbocycles. The predicted octanol–water partition coefficient (Wildman–Crippen LogP) is 2.39. The molecule has 154 valence electrons. The molecule has 6 nitrogen and oxygen atoms in total. The van der Waals surface area contributed by atoms with Gasteiger partial charge in [0, 0.05) is 45.7 Å². The Morgan fingerprint density at radius 1 is 1.07 bits per heavy atom. The van der Waals surface area contributed by atoms with E-state index in [0.717, 1.165) is 25.2 Å². The maximum absolute atomic E-state index is 14.1. The molecular weight excluding hydrogens is 383 g/mol. The molecule has 2 aliphatic heterocycles. The van der Waals surface area contributed by atoms with E-state index in [-0.39, 0.29) is 30.5 Å². The van der Waals surface area contributed by atoms with E-state index in [0.29, 0.717) is 18.7 Å². The zero-order valence-electron chi connectivity index (χ0n) is 16.6. The second kappa shape index (κ2) is 8.64.